The fraction of sp³-hybridized carbons (Fsp3) is 0.250. The van der Waals surface area contributed by atoms with E-state index in [2.05, 4.69) is 0 Å². The molecule has 22 heavy (non-hydrogen) atoms. The monoisotopic (exact) mass is 302 g/mol. The van der Waals surface area contributed by atoms with Crippen LogP contribution in [0.4, 0.5) is 5.69 Å². The van der Waals surface area contributed by atoms with Crippen molar-refractivity contribution >= 4 is 17.6 Å². The van der Waals surface area contributed by atoms with Gasteiger partial charge in [0.15, 0.2) is 5.69 Å². The van der Waals surface area contributed by atoms with Crippen molar-refractivity contribution in [3.63, 3.8) is 0 Å². The molecule has 0 unspecified atom stereocenters. The lowest BCUT2D eigenvalue weighted by Gasteiger charge is -2.08. The van der Waals surface area contributed by atoms with E-state index in [1.165, 1.54) is 6.20 Å². The summed E-state index contributed by atoms with van der Waals surface area (Å²) < 4.78 is 11.5. The highest BCUT2D eigenvalue weighted by Crippen LogP contribution is 2.26. The molecule has 2 N–H and O–H groups in total. The molecule has 2 aromatic rings. The summed E-state index contributed by atoms with van der Waals surface area (Å²) in [6.45, 7) is 3.85. The number of hydrogen-bond acceptors (Lipinski definition) is 5. The van der Waals surface area contributed by atoms with Crippen LogP contribution >= 0.6 is 0 Å². The van der Waals surface area contributed by atoms with Gasteiger partial charge in [0.25, 0.3) is 0 Å². The number of esters is 2. The number of nitrogens with two attached hydrogens (primary N) is 1. The Kier molecular flexibility index (Phi) is 4.83. The SMILES string of the molecule is CCOC(=O)c1cn(-c2ccccc2)c(C(=O)OCC)c1N. The third-order valence-corrected chi connectivity index (χ3v) is 3.04. The molecule has 6 heteroatoms. The van der Waals surface area contributed by atoms with E-state index in [1.807, 2.05) is 18.2 Å². The molecule has 0 radical (unpaired) electrons. The smallest absolute Gasteiger partial charge is 0.357 e. The van der Waals surface area contributed by atoms with Crippen LogP contribution < -0.4 is 5.73 Å². The minimum Gasteiger partial charge on any atom is -0.462 e. The number of carbonyl (C=O) groups is 2. The molecule has 0 bridgehead atoms. The minimum atomic E-state index is -0.584. The first-order chi connectivity index (χ1) is 10.6. The number of aromatic nitrogens is 1. The molecule has 0 aliphatic rings. The Hall–Kier alpha value is -2.76. The number of ether oxygens (including phenoxy) is 2. The largest absolute Gasteiger partial charge is 0.462 e. The van der Waals surface area contributed by atoms with Crippen LogP contribution in [0.25, 0.3) is 5.69 Å². The highest BCUT2D eigenvalue weighted by Gasteiger charge is 2.25. The van der Waals surface area contributed by atoms with Crippen molar-refractivity contribution < 1.29 is 19.1 Å². The lowest BCUT2D eigenvalue weighted by Crippen LogP contribution is -2.13. The van der Waals surface area contributed by atoms with Gasteiger partial charge in [0.2, 0.25) is 0 Å². The molecule has 2 rings (SSSR count). The number of carbonyl (C=O) groups excluding carboxylic acids is 2. The Morgan fingerprint density at radius 3 is 2.23 bits per heavy atom. The molecular formula is C16H18N2O4. The summed E-state index contributed by atoms with van der Waals surface area (Å²) in [5.41, 5.74) is 7.01. The van der Waals surface area contributed by atoms with Crippen LogP contribution in [0.2, 0.25) is 0 Å². The zero-order valence-corrected chi connectivity index (χ0v) is 12.5. The summed E-state index contributed by atoms with van der Waals surface area (Å²) in [5.74, 6) is -1.15. The Balaban J connectivity index is 2.58. The van der Waals surface area contributed by atoms with E-state index in [1.54, 1.807) is 30.5 Å². The van der Waals surface area contributed by atoms with E-state index in [4.69, 9.17) is 15.2 Å². The summed E-state index contributed by atoms with van der Waals surface area (Å²) >= 11 is 0. The van der Waals surface area contributed by atoms with Gasteiger partial charge in [0, 0.05) is 11.9 Å². The van der Waals surface area contributed by atoms with Gasteiger partial charge in [0.1, 0.15) is 5.56 Å². The van der Waals surface area contributed by atoms with Gasteiger partial charge in [-0.05, 0) is 26.0 Å². The van der Waals surface area contributed by atoms with E-state index in [9.17, 15) is 9.59 Å². The van der Waals surface area contributed by atoms with Gasteiger partial charge in [-0.2, -0.15) is 0 Å². The predicted octanol–water partition coefficient (Wildman–Crippen LogP) is 2.41. The molecule has 6 nitrogen and oxygen atoms in total. The van der Waals surface area contributed by atoms with Gasteiger partial charge < -0.3 is 19.8 Å². The van der Waals surface area contributed by atoms with Crippen LogP contribution in [0, 0.1) is 0 Å². The highest BCUT2D eigenvalue weighted by atomic mass is 16.5. The first-order valence-corrected chi connectivity index (χ1v) is 7.00. The third-order valence-electron chi connectivity index (χ3n) is 3.04. The summed E-state index contributed by atoms with van der Waals surface area (Å²) in [6, 6.07) is 9.11. The average Bonchev–Trinajstić information content (AvgIpc) is 2.86. The van der Waals surface area contributed by atoms with Crippen LogP contribution in [0.5, 0.6) is 0 Å². The quantitative estimate of drug-likeness (QED) is 0.857. The maximum absolute atomic E-state index is 12.2. The van der Waals surface area contributed by atoms with Gasteiger partial charge in [-0.15, -0.1) is 0 Å². The van der Waals surface area contributed by atoms with E-state index in [0.717, 1.165) is 0 Å². The first-order valence-electron chi connectivity index (χ1n) is 7.00. The molecule has 1 aromatic heterocycles. The first kappa shape index (κ1) is 15.6. The van der Waals surface area contributed by atoms with Crippen molar-refractivity contribution in [2.75, 3.05) is 18.9 Å². The second kappa shape index (κ2) is 6.80. The number of hydrogen-bond donors (Lipinski definition) is 1. The number of benzene rings is 1. The number of rotatable bonds is 5. The van der Waals surface area contributed by atoms with Gasteiger partial charge in [-0.3, -0.25) is 0 Å². The minimum absolute atomic E-state index is 0.0563. The van der Waals surface area contributed by atoms with Crippen molar-refractivity contribution in [1.82, 2.24) is 4.57 Å². The fourth-order valence-electron chi connectivity index (χ4n) is 2.09. The predicted molar refractivity (Wildman–Crippen MR) is 82.1 cm³/mol. The molecule has 0 spiro atoms. The molecule has 1 aromatic carbocycles. The molecule has 0 aliphatic carbocycles. The van der Waals surface area contributed by atoms with Gasteiger partial charge >= 0.3 is 11.9 Å². The molecule has 0 saturated heterocycles. The van der Waals surface area contributed by atoms with Crippen molar-refractivity contribution in [3.8, 4) is 5.69 Å². The maximum atomic E-state index is 12.2. The molecule has 0 atom stereocenters. The van der Waals surface area contributed by atoms with Gasteiger partial charge in [0.05, 0.1) is 18.9 Å². The number of anilines is 1. The van der Waals surface area contributed by atoms with Crippen LogP contribution in [-0.2, 0) is 9.47 Å². The van der Waals surface area contributed by atoms with E-state index >= 15 is 0 Å². The standard InChI is InChI=1S/C16H18N2O4/c1-3-21-15(19)12-10-18(11-8-6-5-7-9-11)14(13(12)17)16(20)22-4-2/h5-10H,3-4,17H2,1-2H3. The molecule has 0 aliphatic heterocycles. The van der Waals surface area contributed by atoms with Crippen molar-refractivity contribution in [2.24, 2.45) is 0 Å². The summed E-state index contributed by atoms with van der Waals surface area (Å²) in [4.78, 5) is 24.2. The third kappa shape index (κ3) is 2.95. The molecule has 0 saturated carbocycles. The zero-order valence-electron chi connectivity index (χ0n) is 12.5. The second-order valence-electron chi connectivity index (χ2n) is 4.45. The molecule has 1 heterocycles. The lowest BCUT2D eigenvalue weighted by atomic mass is 10.2. The maximum Gasteiger partial charge on any atom is 0.357 e. The van der Waals surface area contributed by atoms with Crippen LogP contribution in [-0.4, -0.2) is 29.7 Å². The van der Waals surface area contributed by atoms with E-state index in [0.29, 0.717) is 5.69 Å². The molecular weight excluding hydrogens is 284 g/mol. The van der Waals surface area contributed by atoms with E-state index < -0.39 is 11.9 Å². The lowest BCUT2D eigenvalue weighted by molar-refractivity contribution is 0.0516. The molecule has 116 valence electrons. The van der Waals surface area contributed by atoms with Crippen molar-refractivity contribution in [1.29, 1.82) is 0 Å². The summed E-state index contributed by atoms with van der Waals surface area (Å²) in [6.07, 6.45) is 1.49. The highest BCUT2D eigenvalue weighted by molar-refractivity contribution is 6.03. The Labute approximate surface area is 128 Å². The Morgan fingerprint density at radius 2 is 1.64 bits per heavy atom. The number of nitrogens with zero attached hydrogens (tertiary/aromatic N) is 1. The van der Waals surface area contributed by atoms with Crippen molar-refractivity contribution in [2.45, 2.75) is 13.8 Å². The normalized spacial score (nSPS) is 10.3. The summed E-state index contributed by atoms with van der Waals surface area (Å²) in [5, 5.41) is 0. The van der Waals surface area contributed by atoms with E-state index in [-0.39, 0.29) is 30.2 Å². The van der Waals surface area contributed by atoms with Gasteiger partial charge in [-0.25, -0.2) is 9.59 Å². The van der Waals surface area contributed by atoms with Crippen LogP contribution in [0.15, 0.2) is 36.5 Å². The number of nitrogen functional groups attached to an aromatic ring is 1. The fourth-order valence-corrected chi connectivity index (χ4v) is 2.09. The average molecular weight is 302 g/mol. The zero-order chi connectivity index (χ0) is 16.1. The number of para-hydroxylation sites is 1. The van der Waals surface area contributed by atoms with Crippen molar-refractivity contribution in [3.05, 3.63) is 47.8 Å². The molecule has 0 amide bonds. The molecule has 0 fully saturated rings. The Morgan fingerprint density at radius 1 is 1.05 bits per heavy atom. The second-order valence-corrected chi connectivity index (χ2v) is 4.45. The van der Waals surface area contributed by atoms with Crippen LogP contribution in [0.1, 0.15) is 34.7 Å². The Bertz CT molecular complexity index is 677. The van der Waals surface area contributed by atoms with Gasteiger partial charge in [-0.1, -0.05) is 18.2 Å². The topological polar surface area (TPSA) is 83.5 Å². The summed E-state index contributed by atoms with van der Waals surface area (Å²) in [7, 11) is 0. The van der Waals surface area contributed by atoms with Crippen LogP contribution in [0.3, 0.4) is 0 Å².